The minimum atomic E-state index is -2.72. The van der Waals surface area contributed by atoms with Gasteiger partial charge < -0.3 is 24.7 Å². The lowest BCUT2D eigenvalue weighted by Gasteiger charge is -2.27. The molecule has 0 atom stereocenters. The number of nitrogens with zero attached hydrogens (tertiary/aromatic N) is 7. The van der Waals surface area contributed by atoms with Crippen molar-refractivity contribution >= 4 is 28.6 Å². The van der Waals surface area contributed by atoms with E-state index >= 15 is 0 Å². The van der Waals surface area contributed by atoms with Gasteiger partial charge in [0.2, 0.25) is 11.9 Å². The zero-order valence-electron chi connectivity index (χ0n) is 17.9. The number of alkyl halides is 2. The van der Waals surface area contributed by atoms with Crippen LogP contribution in [0.25, 0.3) is 22.6 Å². The van der Waals surface area contributed by atoms with Crippen LogP contribution < -0.4 is 15.0 Å². The van der Waals surface area contributed by atoms with E-state index in [0.717, 1.165) is 0 Å². The molecule has 4 aromatic rings. The van der Waals surface area contributed by atoms with Gasteiger partial charge in [0.25, 0.3) is 6.43 Å². The van der Waals surface area contributed by atoms with Crippen molar-refractivity contribution in [2.45, 2.75) is 6.43 Å². The molecule has 2 N–H and O–H groups in total. The van der Waals surface area contributed by atoms with E-state index in [2.05, 4.69) is 35.3 Å². The number of anilines is 3. The highest BCUT2D eigenvalue weighted by Gasteiger charge is 2.20. The number of benzene rings is 1. The third kappa shape index (κ3) is 4.26. The van der Waals surface area contributed by atoms with E-state index in [-0.39, 0.29) is 5.95 Å². The number of halogens is 2. The summed E-state index contributed by atoms with van der Waals surface area (Å²) in [4.78, 5) is 22.3. The second-order valence-electron chi connectivity index (χ2n) is 7.38. The van der Waals surface area contributed by atoms with Gasteiger partial charge in [0.05, 0.1) is 25.8 Å². The van der Waals surface area contributed by atoms with Crippen molar-refractivity contribution < 1.29 is 18.3 Å². The summed E-state index contributed by atoms with van der Waals surface area (Å²) in [7, 11) is 3.26. The van der Waals surface area contributed by atoms with Gasteiger partial charge in [0, 0.05) is 38.1 Å². The molecule has 1 saturated heterocycles. The number of aromatic nitrogens is 7. The van der Waals surface area contributed by atoms with E-state index in [1.54, 1.807) is 23.0 Å². The van der Waals surface area contributed by atoms with E-state index in [0.29, 0.717) is 66.2 Å². The lowest BCUT2D eigenvalue weighted by atomic mass is 10.2. The lowest BCUT2D eigenvalue weighted by Crippen LogP contribution is -2.37. The van der Waals surface area contributed by atoms with E-state index in [9.17, 15) is 8.78 Å². The number of morpholine rings is 1. The molecule has 3 aromatic heterocycles. The molecule has 5 rings (SSSR count). The molecule has 1 aliphatic rings. The van der Waals surface area contributed by atoms with Gasteiger partial charge in [0.1, 0.15) is 17.0 Å². The molecule has 1 fully saturated rings. The number of hydrogen-bond donors (Lipinski definition) is 2. The van der Waals surface area contributed by atoms with Crippen molar-refractivity contribution in [2.75, 3.05) is 43.6 Å². The molecule has 0 aliphatic carbocycles. The Hall–Kier alpha value is -3.87. The third-order valence-electron chi connectivity index (χ3n) is 5.11. The first-order valence-corrected chi connectivity index (χ1v) is 10.2. The molecule has 0 radical (unpaired) electrons. The number of imidazole rings is 1. The predicted octanol–water partition coefficient (Wildman–Crippen LogP) is 2.67. The van der Waals surface area contributed by atoms with Gasteiger partial charge in [-0.3, -0.25) is 4.68 Å². The number of methoxy groups -OCH3 is 1. The highest BCUT2D eigenvalue weighted by molar-refractivity contribution is 5.86. The van der Waals surface area contributed by atoms with Crippen molar-refractivity contribution in [3.05, 3.63) is 30.2 Å². The molecule has 0 spiro atoms. The maximum atomic E-state index is 13.1. The fraction of sp³-hybridized carbons (Fsp3) is 0.350. The Morgan fingerprint density at radius 2 is 1.97 bits per heavy atom. The first-order chi connectivity index (χ1) is 16.0. The topological polar surface area (TPSA) is 119 Å². The number of aromatic amines is 1. The first kappa shape index (κ1) is 21.0. The molecule has 0 amide bonds. The van der Waals surface area contributed by atoms with Crippen molar-refractivity contribution in [1.29, 1.82) is 0 Å². The monoisotopic (exact) mass is 457 g/mol. The number of aryl methyl sites for hydroxylation is 1. The van der Waals surface area contributed by atoms with Crippen LogP contribution in [0.3, 0.4) is 0 Å². The molecule has 33 heavy (non-hydrogen) atoms. The Morgan fingerprint density at radius 3 is 2.67 bits per heavy atom. The van der Waals surface area contributed by atoms with Gasteiger partial charge >= 0.3 is 0 Å². The van der Waals surface area contributed by atoms with Crippen molar-refractivity contribution in [2.24, 2.45) is 7.05 Å². The minimum absolute atomic E-state index is 0.280. The van der Waals surface area contributed by atoms with Gasteiger partial charge in [-0.05, 0) is 12.1 Å². The van der Waals surface area contributed by atoms with Crippen LogP contribution in [0.5, 0.6) is 5.75 Å². The van der Waals surface area contributed by atoms with Gasteiger partial charge in [-0.2, -0.15) is 20.1 Å². The van der Waals surface area contributed by atoms with Crippen molar-refractivity contribution in [3.8, 4) is 17.3 Å². The summed E-state index contributed by atoms with van der Waals surface area (Å²) in [5, 5.41) is 7.53. The molecule has 0 bridgehead atoms. The molecule has 13 heteroatoms. The summed E-state index contributed by atoms with van der Waals surface area (Å²) in [6, 6.07) is 5.11. The summed E-state index contributed by atoms with van der Waals surface area (Å²) >= 11 is 0. The fourth-order valence-electron chi connectivity index (χ4n) is 3.54. The maximum Gasteiger partial charge on any atom is 0.295 e. The molecular weight excluding hydrogens is 436 g/mol. The van der Waals surface area contributed by atoms with Crippen LogP contribution in [0.4, 0.5) is 26.4 Å². The van der Waals surface area contributed by atoms with Crippen LogP contribution >= 0.6 is 0 Å². The third-order valence-corrected chi connectivity index (χ3v) is 5.11. The smallest absolute Gasteiger partial charge is 0.295 e. The number of ether oxygens (including phenoxy) is 2. The van der Waals surface area contributed by atoms with E-state index in [4.69, 9.17) is 9.47 Å². The zero-order valence-corrected chi connectivity index (χ0v) is 17.9. The predicted molar refractivity (Wildman–Crippen MR) is 116 cm³/mol. The van der Waals surface area contributed by atoms with E-state index in [1.807, 2.05) is 18.0 Å². The van der Waals surface area contributed by atoms with Crippen LogP contribution in [-0.4, -0.2) is 68.1 Å². The second kappa shape index (κ2) is 8.58. The Morgan fingerprint density at radius 1 is 1.15 bits per heavy atom. The average molecular weight is 457 g/mol. The van der Waals surface area contributed by atoms with Crippen LogP contribution in [-0.2, 0) is 11.8 Å². The Balaban J connectivity index is 1.54. The summed E-state index contributed by atoms with van der Waals surface area (Å²) in [6.45, 7) is 2.45. The van der Waals surface area contributed by atoms with Crippen LogP contribution in [0, 0.1) is 0 Å². The zero-order chi connectivity index (χ0) is 22.9. The quantitative estimate of drug-likeness (QED) is 0.450. The standard InChI is InChI=1S/C20H21F2N9O2/c1-30-4-3-12(29-30)17-26-19(28-20(27-17)31-5-7-33-8-6-31)23-11-9-13-15(14(10-11)32-2)25-18(24-13)16(21)22/h3-4,9-10,16H,5-8H2,1-2H3,(H,24,25)(H,23,26,27,28). The minimum Gasteiger partial charge on any atom is -0.494 e. The SMILES string of the molecule is COc1cc(Nc2nc(-c3ccn(C)n3)nc(N3CCOCC3)n2)cc2[nH]c(C(F)F)nc12. The number of rotatable bonds is 6. The number of H-pyrrole nitrogens is 1. The molecule has 4 heterocycles. The molecule has 11 nitrogen and oxygen atoms in total. The Bertz CT molecular complexity index is 1280. The average Bonchev–Trinajstić information content (AvgIpc) is 3.45. The molecule has 1 aliphatic heterocycles. The van der Waals surface area contributed by atoms with Crippen LogP contribution in [0.2, 0.25) is 0 Å². The summed E-state index contributed by atoms with van der Waals surface area (Å²) in [6.07, 6.45) is -0.919. The first-order valence-electron chi connectivity index (χ1n) is 10.2. The Kier molecular flexibility index (Phi) is 5.46. The number of fused-ring (bicyclic) bond motifs is 1. The second-order valence-corrected chi connectivity index (χ2v) is 7.38. The van der Waals surface area contributed by atoms with E-state index in [1.165, 1.54) is 7.11 Å². The van der Waals surface area contributed by atoms with Gasteiger partial charge in [0.15, 0.2) is 11.6 Å². The highest BCUT2D eigenvalue weighted by atomic mass is 19.3. The molecule has 0 saturated carbocycles. The number of nitrogens with one attached hydrogen (secondary N) is 2. The normalized spacial score (nSPS) is 14.3. The van der Waals surface area contributed by atoms with Crippen LogP contribution in [0.15, 0.2) is 24.4 Å². The van der Waals surface area contributed by atoms with Gasteiger partial charge in [-0.15, -0.1) is 0 Å². The molecular formula is C20H21F2N9O2. The maximum absolute atomic E-state index is 13.1. The lowest BCUT2D eigenvalue weighted by molar-refractivity contribution is 0.122. The Labute approximate surface area is 186 Å². The molecule has 1 aromatic carbocycles. The summed E-state index contributed by atoms with van der Waals surface area (Å²) in [5.41, 5.74) is 1.85. The van der Waals surface area contributed by atoms with Gasteiger partial charge in [-0.1, -0.05) is 0 Å². The highest BCUT2D eigenvalue weighted by Crippen LogP contribution is 2.32. The van der Waals surface area contributed by atoms with Gasteiger partial charge in [-0.25, -0.2) is 13.8 Å². The van der Waals surface area contributed by atoms with E-state index < -0.39 is 12.2 Å². The van der Waals surface area contributed by atoms with Crippen LogP contribution in [0.1, 0.15) is 12.2 Å². The molecule has 172 valence electrons. The number of hydrogen-bond acceptors (Lipinski definition) is 9. The summed E-state index contributed by atoms with van der Waals surface area (Å²) in [5.74, 6) is 1.09. The largest absolute Gasteiger partial charge is 0.494 e. The van der Waals surface area contributed by atoms with Crippen molar-refractivity contribution in [3.63, 3.8) is 0 Å². The van der Waals surface area contributed by atoms with Crippen molar-refractivity contribution in [1.82, 2.24) is 34.7 Å². The fourth-order valence-corrected chi connectivity index (χ4v) is 3.54. The summed E-state index contributed by atoms with van der Waals surface area (Å²) < 4.78 is 38.7. The molecule has 0 unspecified atom stereocenters.